The van der Waals surface area contributed by atoms with Crippen molar-refractivity contribution in [3.8, 4) is 0 Å². The summed E-state index contributed by atoms with van der Waals surface area (Å²) in [5, 5.41) is 5.25. The third-order valence-corrected chi connectivity index (χ3v) is 3.51. The molecule has 21 heavy (non-hydrogen) atoms. The van der Waals surface area contributed by atoms with Crippen LogP contribution < -0.4 is 11.1 Å². The minimum Gasteiger partial charge on any atom is -0.369 e. The number of nitrogens with one attached hydrogen (secondary N) is 1. The van der Waals surface area contributed by atoms with Crippen molar-refractivity contribution in [2.24, 2.45) is 5.73 Å². The second kappa shape index (κ2) is 7.20. The van der Waals surface area contributed by atoms with Gasteiger partial charge in [-0.2, -0.15) is 0 Å². The van der Waals surface area contributed by atoms with Gasteiger partial charge in [-0.05, 0) is 36.2 Å². The van der Waals surface area contributed by atoms with E-state index in [0.29, 0.717) is 13.2 Å². The summed E-state index contributed by atoms with van der Waals surface area (Å²) in [5.74, 6) is -0.138. The highest BCUT2D eigenvalue weighted by molar-refractivity contribution is 5.84. The van der Waals surface area contributed by atoms with Gasteiger partial charge >= 0.3 is 0 Å². The number of amides is 1. The van der Waals surface area contributed by atoms with Crippen LogP contribution >= 0.6 is 0 Å². The third kappa shape index (κ3) is 3.80. The fourth-order valence-electron chi connectivity index (χ4n) is 2.32. The van der Waals surface area contributed by atoms with Crippen molar-refractivity contribution >= 4 is 16.7 Å². The van der Waals surface area contributed by atoms with Crippen LogP contribution in [0.1, 0.15) is 25.5 Å². The van der Waals surface area contributed by atoms with Crippen molar-refractivity contribution in [2.45, 2.75) is 26.0 Å². The van der Waals surface area contributed by atoms with Gasteiger partial charge in [0.15, 0.2) is 0 Å². The molecule has 0 aliphatic heterocycles. The van der Waals surface area contributed by atoms with Gasteiger partial charge in [0.05, 0.1) is 6.04 Å². The maximum absolute atomic E-state index is 12.0. The molecule has 112 valence electrons. The van der Waals surface area contributed by atoms with Crippen LogP contribution in [0.25, 0.3) is 10.8 Å². The summed E-state index contributed by atoms with van der Waals surface area (Å²) in [5.41, 5.74) is 6.82. The minimum absolute atomic E-state index is 0.138. The van der Waals surface area contributed by atoms with E-state index in [1.807, 2.05) is 31.2 Å². The van der Waals surface area contributed by atoms with Crippen LogP contribution in [0.15, 0.2) is 42.5 Å². The summed E-state index contributed by atoms with van der Waals surface area (Å²) in [6, 6.07) is 14.0. The van der Waals surface area contributed by atoms with Crippen LogP contribution in [0.5, 0.6) is 0 Å². The Bertz CT molecular complexity index is 613. The van der Waals surface area contributed by atoms with E-state index in [1.165, 1.54) is 5.39 Å². The number of benzene rings is 2. The lowest BCUT2D eigenvalue weighted by Crippen LogP contribution is -2.39. The molecule has 2 atom stereocenters. The van der Waals surface area contributed by atoms with Crippen molar-refractivity contribution in [1.29, 1.82) is 0 Å². The van der Waals surface area contributed by atoms with Crippen molar-refractivity contribution in [2.75, 3.05) is 13.2 Å². The average Bonchev–Trinajstić information content (AvgIpc) is 2.52. The first-order valence-electron chi connectivity index (χ1n) is 7.26. The molecule has 0 aromatic heterocycles. The zero-order chi connectivity index (χ0) is 15.2. The third-order valence-electron chi connectivity index (χ3n) is 3.51. The number of ether oxygens (including phenoxy) is 1. The summed E-state index contributed by atoms with van der Waals surface area (Å²) in [6.45, 7) is 4.47. The predicted octanol–water partition coefficient (Wildman–Crippen LogP) is 2.38. The Labute approximate surface area is 125 Å². The molecule has 0 saturated carbocycles. The standard InChI is InChI=1S/C17H22N2O2/c1-3-21-12(2)17(20)19-16(11-18)15-9-8-13-6-4-5-7-14(13)10-15/h4-10,12,16H,3,11,18H2,1-2H3,(H,19,20). The lowest BCUT2D eigenvalue weighted by atomic mass is 10.0. The van der Waals surface area contributed by atoms with E-state index >= 15 is 0 Å². The quantitative estimate of drug-likeness (QED) is 0.857. The largest absolute Gasteiger partial charge is 0.369 e. The molecule has 0 radical (unpaired) electrons. The maximum Gasteiger partial charge on any atom is 0.249 e. The van der Waals surface area contributed by atoms with Crippen LogP contribution in [0.4, 0.5) is 0 Å². The fraction of sp³-hybridized carbons (Fsp3) is 0.353. The molecule has 2 unspecified atom stereocenters. The van der Waals surface area contributed by atoms with E-state index in [-0.39, 0.29) is 11.9 Å². The highest BCUT2D eigenvalue weighted by Crippen LogP contribution is 2.20. The molecular weight excluding hydrogens is 264 g/mol. The van der Waals surface area contributed by atoms with Gasteiger partial charge in [0, 0.05) is 13.2 Å². The molecule has 0 spiro atoms. The van der Waals surface area contributed by atoms with Gasteiger partial charge in [-0.15, -0.1) is 0 Å². The molecule has 0 aliphatic rings. The first kappa shape index (κ1) is 15.5. The zero-order valence-electron chi connectivity index (χ0n) is 12.5. The summed E-state index contributed by atoms with van der Waals surface area (Å²) < 4.78 is 5.30. The van der Waals surface area contributed by atoms with E-state index in [4.69, 9.17) is 10.5 Å². The highest BCUT2D eigenvalue weighted by Gasteiger charge is 2.18. The van der Waals surface area contributed by atoms with Gasteiger partial charge < -0.3 is 15.8 Å². The van der Waals surface area contributed by atoms with Crippen molar-refractivity contribution < 1.29 is 9.53 Å². The van der Waals surface area contributed by atoms with E-state index in [0.717, 1.165) is 10.9 Å². The van der Waals surface area contributed by atoms with Crippen molar-refractivity contribution in [3.05, 3.63) is 48.0 Å². The molecule has 1 amide bonds. The van der Waals surface area contributed by atoms with Crippen LogP contribution in [0, 0.1) is 0 Å². The van der Waals surface area contributed by atoms with Gasteiger partial charge in [0.1, 0.15) is 6.10 Å². The molecular formula is C17H22N2O2. The molecule has 0 aliphatic carbocycles. The van der Waals surface area contributed by atoms with E-state index in [1.54, 1.807) is 6.92 Å². The lowest BCUT2D eigenvalue weighted by Gasteiger charge is -2.20. The number of fused-ring (bicyclic) bond motifs is 1. The number of nitrogens with two attached hydrogens (primary N) is 1. The molecule has 4 nitrogen and oxygen atoms in total. The molecule has 4 heteroatoms. The average molecular weight is 286 g/mol. The summed E-state index contributed by atoms with van der Waals surface area (Å²) in [4.78, 5) is 12.0. The molecule has 0 fully saturated rings. The van der Waals surface area contributed by atoms with Crippen LogP contribution in [0.2, 0.25) is 0 Å². The Morgan fingerprint density at radius 3 is 2.62 bits per heavy atom. The van der Waals surface area contributed by atoms with E-state index in [2.05, 4.69) is 23.5 Å². The SMILES string of the molecule is CCOC(C)C(=O)NC(CN)c1ccc2ccccc2c1. The fourth-order valence-corrected chi connectivity index (χ4v) is 2.32. The van der Waals surface area contributed by atoms with Crippen molar-refractivity contribution in [1.82, 2.24) is 5.32 Å². The van der Waals surface area contributed by atoms with Crippen molar-refractivity contribution in [3.63, 3.8) is 0 Å². The Morgan fingerprint density at radius 2 is 1.95 bits per heavy atom. The molecule has 0 heterocycles. The normalized spacial score (nSPS) is 13.9. The number of carbonyl (C=O) groups is 1. The Hall–Kier alpha value is -1.91. The Morgan fingerprint density at radius 1 is 1.24 bits per heavy atom. The summed E-state index contributed by atoms with van der Waals surface area (Å²) in [6.07, 6.45) is -0.468. The monoisotopic (exact) mass is 286 g/mol. The second-order valence-electron chi connectivity index (χ2n) is 5.00. The molecule has 2 aromatic carbocycles. The van der Waals surface area contributed by atoms with Gasteiger partial charge in [0.25, 0.3) is 0 Å². The zero-order valence-corrected chi connectivity index (χ0v) is 12.5. The Balaban J connectivity index is 2.17. The first-order valence-corrected chi connectivity index (χ1v) is 7.26. The minimum atomic E-state index is -0.468. The van der Waals surface area contributed by atoms with E-state index in [9.17, 15) is 4.79 Å². The lowest BCUT2D eigenvalue weighted by molar-refractivity contribution is -0.132. The molecule has 3 N–H and O–H groups in total. The van der Waals surface area contributed by atoms with Crippen LogP contribution in [-0.4, -0.2) is 25.2 Å². The molecule has 2 aromatic rings. The molecule has 0 saturated heterocycles. The van der Waals surface area contributed by atoms with Crippen LogP contribution in [0.3, 0.4) is 0 Å². The smallest absolute Gasteiger partial charge is 0.249 e. The summed E-state index contributed by atoms with van der Waals surface area (Å²) in [7, 11) is 0. The van der Waals surface area contributed by atoms with Gasteiger partial charge in [-0.25, -0.2) is 0 Å². The predicted molar refractivity (Wildman–Crippen MR) is 85.0 cm³/mol. The highest BCUT2D eigenvalue weighted by atomic mass is 16.5. The van der Waals surface area contributed by atoms with Gasteiger partial charge in [-0.1, -0.05) is 36.4 Å². The number of hydrogen-bond donors (Lipinski definition) is 2. The number of rotatable bonds is 6. The molecule has 2 rings (SSSR count). The van der Waals surface area contributed by atoms with Crippen LogP contribution in [-0.2, 0) is 9.53 Å². The van der Waals surface area contributed by atoms with E-state index < -0.39 is 6.10 Å². The summed E-state index contributed by atoms with van der Waals surface area (Å²) >= 11 is 0. The van der Waals surface area contributed by atoms with Gasteiger partial charge in [0.2, 0.25) is 5.91 Å². The topological polar surface area (TPSA) is 64.3 Å². The van der Waals surface area contributed by atoms with Gasteiger partial charge in [-0.3, -0.25) is 4.79 Å². The molecule has 0 bridgehead atoms. The first-order chi connectivity index (χ1) is 10.2. The maximum atomic E-state index is 12.0. The Kier molecular flexibility index (Phi) is 5.31. The second-order valence-corrected chi connectivity index (χ2v) is 5.00. The number of hydrogen-bond acceptors (Lipinski definition) is 3. The number of carbonyl (C=O) groups excluding carboxylic acids is 1.